The first-order chi connectivity index (χ1) is 13.7. The van der Waals surface area contributed by atoms with Gasteiger partial charge in [-0.3, -0.25) is 4.79 Å². The molecule has 0 saturated carbocycles. The normalized spacial score (nSPS) is 15.9. The van der Waals surface area contributed by atoms with Crippen molar-refractivity contribution in [3.63, 3.8) is 0 Å². The highest BCUT2D eigenvalue weighted by Gasteiger charge is 2.14. The molecular weight excluding hydrogens is 373 g/mol. The molecule has 0 bridgehead atoms. The Kier molecular flexibility index (Phi) is 7.77. The lowest BCUT2D eigenvalue weighted by Crippen LogP contribution is -2.46. The molecular formula is C22H28FN3OS. The van der Waals surface area contributed by atoms with Gasteiger partial charge in [0.05, 0.1) is 0 Å². The minimum atomic E-state index is -0.228. The van der Waals surface area contributed by atoms with Crippen LogP contribution in [-0.2, 0) is 4.79 Å². The van der Waals surface area contributed by atoms with E-state index in [1.165, 1.54) is 17.4 Å². The molecule has 6 heteroatoms. The molecule has 1 aromatic heterocycles. The van der Waals surface area contributed by atoms with E-state index in [-0.39, 0.29) is 11.7 Å². The van der Waals surface area contributed by atoms with Crippen LogP contribution in [-0.4, -0.2) is 61.5 Å². The third-order valence-corrected chi connectivity index (χ3v) is 6.11. The Morgan fingerprint density at radius 1 is 1.14 bits per heavy atom. The highest BCUT2D eigenvalue weighted by molar-refractivity contribution is 7.16. The first-order valence-corrected chi connectivity index (χ1v) is 10.7. The molecule has 0 atom stereocenters. The fraction of sp³-hybridized carbons (Fsp3) is 0.409. The predicted octanol–water partition coefficient (Wildman–Crippen LogP) is 3.71. The van der Waals surface area contributed by atoms with Gasteiger partial charge in [-0.2, -0.15) is 0 Å². The van der Waals surface area contributed by atoms with Gasteiger partial charge >= 0.3 is 0 Å². The number of carbonyl (C=O) groups excluding carboxylic acids is 1. The molecule has 0 unspecified atom stereocenters. The zero-order chi connectivity index (χ0) is 19.8. The van der Waals surface area contributed by atoms with Gasteiger partial charge in [0.1, 0.15) is 5.82 Å². The van der Waals surface area contributed by atoms with Gasteiger partial charge in [-0.15, -0.1) is 11.3 Å². The molecule has 3 rings (SSSR count). The number of hydrogen-bond acceptors (Lipinski definition) is 4. The highest BCUT2D eigenvalue weighted by Crippen LogP contribution is 2.30. The van der Waals surface area contributed by atoms with Gasteiger partial charge in [0.25, 0.3) is 0 Å². The van der Waals surface area contributed by atoms with E-state index in [9.17, 15) is 9.18 Å². The zero-order valence-electron chi connectivity index (χ0n) is 16.4. The number of rotatable bonds is 8. The van der Waals surface area contributed by atoms with Crippen LogP contribution in [0.15, 0.2) is 42.5 Å². The Bertz CT molecular complexity index is 797. The Hall–Kier alpha value is -2.02. The summed E-state index contributed by atoms with van der Waals surface area (Å²) in [5, 5.41) is 2.94. The maximum atomic E-state index is 13.9. The van der Waals surface area contributed by atoms with Crippen LogP contribution in [0.5, 0.6) is 0 Å². The van der Waals surface area contributed by atoms with Crippen LogP contribution in [0.25, 0.3) is 16.5 Å². The number of thiophene rings is 1. The Labute approximate surface area is 170 Å². The minimum absolute atomic E-state index is 0.0864. The Morgan fingerprint density at radius 2 is 1.89 bits per heavy atom. The first-order valence-electron chi connectivity index (χ1n) is 9.91. The van der Waals surface area contributed by atoms with E-state index in [1.807, 2.05) is 18.2 Å². The number of amides is 1. The largest absolute Gasteiger partial charge is 0.353 e. The van der Waals surface area contributed by atoms with E-state index >= 15 is 0 Å². The molecule has 1 aliphatic rings. The molecule has 1 fully saturated rings. The molecule has 0 spiro atoms. The van der Waals surface area contributed by atoms with E-state index < -0.39 is 0 Å². The van der Waals surface area contributed by atoms with Crippen LogP contribution >= 0.6 is 11.3 Å². The molecule has 28 heavy (non-hydrogen) atoms. The molecule has 0 radical (unpaired) electrons. The molecule has 4 nitrogen and oxygen atoms in total. The third kappa shape index (κ3) is 5.99. The van der Waals surface area contributed by atoms with Gasteiger partial charge in [0, 0.05) is 54.1 Å². The van der Waals surface area contributed by atoms with Crippen molar-refractivity contribution < 1.29 is 9.18 Å². The second-order valence-electron chi connectivity index (χ2n) is 6.94. The molecule has 1 aliphatic heterocycles. The summed E-state index contributed by atoms with van der Waals surface area (Å²) in [7, 11) is 0. The van der Waals surface area contributed by atoms with Crippen molar-refractivity contribution in [3.8, 4) is 10.4 Å². The maximum Gasteiger partial charge on any atom is 0.244 e. The summed E-state index contributed by atoms with van der Waals surface area (Å²) in [5.74, 6) is -0.314. The summed E-state index contributed by atoms with van der Waals surface area (Å²) in [4.78, 5) is 18.7. The molecule has 1 N–H and O–H groups in total. The summed E-state index contributed by atoms with van der Waals surface area (Å²) in [5.41, 5.74) is 0.594. The summed E-state index contributed by atoms with van der Waals surface area (Å²) in [6.45, 7) is 9.55. The molecule has 1 saturated heterocycles. The maximum absolute atomic E-state index is 13.9. The molecule has 2 aromatic rings. The highest BCUT2D eigenvalue weighted by atomic mass is 32.1. The van der Waals surface area contributed by atoms with Crippen molar-refractivity contribution in [2.75, 3.05) is 45.8 Å². The number of piperazine rings is 1. The number of benzene rings is 1. The zero-order valence-corrected chi connectivity index (χ0v) is 17.2. The van der Waals surface area contributed by atoms with Crippen LogP contribution < -0.4 is 5.32 Å². The van der Waals surface area contributed by atoms with Gasteiger partial charge in [-0.05, 0) is 43.8 Å². The fourth-order valence-corrected chi connectivity index (χ4v) is 4.25. The topological polar surface area (TPSA) is 35.6 Å². The lowest BCUT2D eigenvalue weighted by Gasteiger charge is -2.33. The van der Waals surface area contributed by atoms with Gasteiger partial charge in [0.15, 0.2) is 0 Å². The van der Waals surface area contributed by atoms with Crippen molar-refractivity contribution in [3.05, 3.63) is 53.2 Å². The predicted molar refractivity (Wildman–Crippen MR) is 115 cm³/mol. The smallest absolute Gasteiger partial charge is 0.244 e. The van der Waals surface area contributed by atoms with Gasteiger partial charge in [-0.1, -0.05) is 25.1 Å². The second kappa shape index (κ2) is 10.5. The summed E-state index contributed by atoms with van der Waals surface area (Å²) < 4.78 is 13.9. The third-order valence-electron chi connectivity index (χ3n) is 5.03. The molecule has 2 heterocycles. The quantitative estimate of drug-likeness (QED) is 0.541. The van der Waals surface area contributed by atoms with Crippen LogP contribution in [0.4, 0.5) is 4.39 Å². The van der Waals surface area contributed by atoms with Crippen LogP contribution in [0.3, 0.4) is 0 Å². The van der Waals surface area contributed by atoms with Crippen LogP contribution in [0.1, 0.15) is 18.2 Å². The average Bonchev–Trinajstić information content (AvgIpc) is 3.19. The van der Waals surface area contributed by atoms with Crippen molar-refractivity contribution in [1.29, 1.82) is 0 Å². The molecule has 150 valence electrons. The number of carbonyl (C=O) groups is 1. The Balaban J connectivity index is 1.38. The van der Waals surface area contributed by atoms with Gasteiger partial charge in [-0.25, -0.2) is 4.39 Å². The van der Waals surface area contributed by atoms with Crippen molar-refractivity contribution in [2.45, 2.75) is 13.3 Å². The van der Waals surface area contributed by atoms with Crippen molar-refractivity contribution in [1.82, 2.24) is 15.1 Å². The number of hydrogen-bond donors (Lipinski definition) is 1. The lowest BCUT2D eigenvalue weighted by atomic mass is 10.2. The Morgan fingerprint density at radius 3 is 2.64 bits per heavy atom. The number of likely N-dealkylation sites (N-methyl/N-ethyl adjacent to an activating group) is 1. The van der Waals surface area contributed by atoms with E-state index in [0.717, 1.165) is 55.4 Å². The van der Waals surface area contributed by atoms with Crippen LogP contribution in [0.2, 0.25) is 0 Å². The molecule has 1 amide bonds. The van der Waals surface area contributed by atoms with Gasteiger partial charge < -0.3 is 15.1 Å². The van der Waals surface area contributed by atoms with Crippen LogP contribution in [0, 0.1) is 5.82 Å². The first kappa shape index (κ1) is 20.7. The van der Waals surface area contributed by atoms with Crippen molar-refractivity contribution in [2.24, 2.45) is 0 Å². The van der Waals surface area contributed by atoms with Crippen molar-refractivity contribution >= 4 is 23.3 Å². The number of nitrogens with one attached hydrogen (secondary N) is 1. The lowest BCUT2D eigenvalue weighted by molar-refractivity contribution is -0.116. The standard InChI is InChI=1S/C22H28FN3OS/c1-2-25-14-16-26(17-15-25)13-5-12-24-22(27)11-9-18-8-10-21(28-18)19-6-3-4-7-20(19)23/h3-4,6-11H,2,5,12-17H2,1H3,(H,24,27). The molecule has 1 aromatic carbocycles. The SMILES string of the molecule is CCN1CCN(CCCNC(=O)C=Cc2ccc(-c3ccccc3F)s2)CC1. The fourth-order valence-electron chi connectivity index (χ4n) is 3.31. The van der Waals surface area contributed by atoms with E-state index in [1.54, 1.807) is 24.3 Å². The van der Waals surface area contributed by atoms with E-state index in [2.05, 4.69) is 22.0 Å². The van der Waals surface area contributed by atoms with E-state index in [4.69, 9.17) is 0 Å². The summed E-state index contributed by atoms with van der Waals surface area (Å²) >= 11 is 1.47. The van der Waals surface area contributed by atoms with Gasteiger partial charge in [0.2, 0.25) is 5.91 Å². The number of halogens is 1. The second-order valence-corrected chi connectivity index (χ2v) is 8.05. The summed E-state index contributed by atoms with van der Waals surface area (Å²) in [6, 6.07) is 10.5. The molecule has 0 aliphatic carbocycles. The minimum Gasteiger partial charge on any atom is -0.353 e. The monoisotopic (exact) mass is 401 g/mol. The average molecular weight is 402 g/mol. The van der Waals surface area contributed by atoms with E-state index in [0.29, 0.717) is 12.1 Å². The number of nitrogens with zero attached hydrogens (tertiary/aromatic N) is 2. The summed E-state index contributed by atoms with van der Waals surface area (Å²) in [6.07, 6.45) is 4.30.